The van der Waals surface area contributed by atoms with Crippen LogP contribution >= 0.6 is 0 Å². The molecule has 0 fully saturated rings. The van der Waals surface area contributed by atoms with Gasteiger partial charge in [-0.15, -0.1) is 29.3 Å². The predicted octanol–water partition coefficient (Wildman–Crippen LogP) is 10.0. The van der Waals surface area contributed by atoms with Crippen molar-refractivity contribution < 1.29 is 8.42 Å². The van der Waals surface area contributed by atoms with Gasteiger partial charge in [0.2, 0.25) is 0 Å². The van der Waals surface area contributed by atoms with Crippen molar-refractivity contribution in [1.29, 1.82) is 0 Å². The third kappa shape index (κ3) is 7.10. The number of hydrogen-bond donors (Lipinski definition) is 0. The zero-order valence-electron chi connectivity index (χ0n) is 24.6. The molecule has 3 nitrogen and oxygen atoms in total. The van der Waals surface area contributed by atoms with Crippen molar-refractivity contribution in [2.45, 2.75) is 10.9 Å². The van der Waals surface area contributed by atoms with Gasteiger partial charge in [-0.2, -0.15) is 0 Å². The highest BCUT2D eigenvalue weighted by molar-refractivity contribution is 7.94. The molecule has 6 aromatic rings. The number of rotatable bonds is 10. The van der Waals surface area contributed by atoms with Crippen LogP contribution in [0.3, 0.4) is 0 Å². The number of allylic oxidation sites excluding steroid dienone is 2. The van der Waals surface area contributed by atoms with Gasteiger partial charge in [-0.3, -0.25) is 0 Å². The van der Waals surface area contributed by atoms with E-state index in [9.17, 15) is 8.42 Å². The lowest BCUT2D eigenvalue weighted by molar-refractivity contribution is 0.600. The van der Waals surface area contributed by atoms with Crippen LogP contribution < -0.4 is 0 Å². The Morgan fingerprint density at radius 3 is 1.44 bits per heavy atom. The van der Waals surface area contributed by atoms with Crippen molar-refractivity contribution in [2.24, 2.45) is 0 Å². The van der Waals surface area contributed by atoms with Crippen molar-refractivity contribution in [2.75, 3.05) is 0 Å². The maximum absolute atomic E-state index is 14.0. The second kappa shape index (κ2) is 14.0. The fourth-order valence-corrected chi connectivity index (χ4v) is 6.48. The lowest BCUT2D eigenvalue weighted by Gasteiger charge is -2.39. The van der Waals surface area contributed by atoms with Crippen molar-refractivity contribution in [1.82, 2.24) is 0 Å². The van der Waals surface area contributed by atoms with Crippen LogP contribution in [0.15, 0.2) is 187 Å². The molecule has 0 radical (unpaired) electrons. The minimum Gasteiger partial charge on any atom is -0.535 e. The van der Waals surface area contributed by atoms with Gasteiger partial charge in [-0.25, -0.2) is 8.42 Å². The van der Waals surface area contributed by atoms with Crippen LogP contribution in [-0.4, -0.2) is 8.42 Å². The number of nitrogens with zero attached hydrogens (tertiary/aromatic N) is 1. The van der Waals surface area contributed by atoms with E-state index in [0.29, 0.717) is 0 Å². The van der Waals surface area contributed by atoms with E-state index in [1.165, 1.54) is 0 Å². The molecule has 0 aliphatic heterocycles. The van der Waals surface area contributed by atoms with Gasteiger partial charge in [-0.1, -0.05) is 192 Å². The zero-order valence-corrected chi connectivity index (χ0v) is 25.4. The molecule has 0 N–H and O–H groups in total. The third-order valence-electron chi connectivity index (χ3n) is 7.45. The van der Waals surface area contributed by atoms with Gasteiger partial charge in [0.15, 0.2) is 0 Å². The molecule has 1 atom stereocenters. The summed E-state index contributed by atoms with van der Waals surface area (Å²) in [5.41, 5.74) is 6.84. The van der Waals surface area contributed by atoms with Crippen molar-refractivity contribution >= 4 is 26.7 Å². The molecule has 1 unspecified atom stereocenters. The molecule has 6 rings (SSSR count). The van der Waals surface area contributed by atoms with Crippen molar-refractivity contribution in [3.8, 4) is 0 Å². The van der Waals surface area contributed by atoms with Crippen LogP contribution in [0.1, 0.15) is 33.9 Å². The highest BCUT2D eigenvalue weighted by atomic mass is 32.2. The SMILES string of the molecule is O=S(=O)([N-]C(/C(=C(/C(=[C-]c1ccccc1)c1ccccc1)c1ccccc1)c1ccccc1)c1ccccc1)c1ccccc1. The van der Waals surface area contributed by atoms with E-state index in [1.807, 2.05) is 127 Å². The van der Waals surface area contributed by atoms with Gasteiger partial charge >= 0.3 is 0 Å². The molecule has 45 heavy (non-hydrogen) atoms. The molecule has 4 heteroatoms. The number of hydrogen-bond acceptors (Lipinski definition) is 2. The molecule has 0 amide bonds. The Hall–Kier alpha value is -5.29. The Balaban J connectivity index is 1.73. The van der Waals surface area contributed by atoms with E-state index in [-0.39, 0.29) is 4.90 Å². The molecule has 0 heterocycles. The van der Waals surface area contributed by atoms with Gasteiger partial charge in [0.1, 0.15) is 10.0 Å². The molecule has 0 aromatic heterocycles. The Bertz CT molecular complexity index is 1990. The fraction of sp³-hybridized carbons (Fsp3) is 0.0244. The zero-order chi connectivity index (χ0) is 30.9. The largest absolute Gasteiger partial charge is 0.535 e. The molecule has 220 valence electrons. The smallest absolute Gasteiger partial charge is 0.101 e. The van der Waals surface area contributed by atoms with Crippen LogP contribution in [0.25, 0.3) is 21.4 Å². The number of sulfonamides is 1. The van der Waals surface area contributed by atoms with E-state index >= 15 is 0 Å². The summed E-state index contributed by atoms with van der Waals surface area (Å²) in [4.78, 5) is 0.147. The lowest BCUT2D eigenvalue weighted by atomic mass is 9.81. The summed E-state index contributed by atoms with van der Waals surface area (Å²) < 4.78 is 32.8. The first-order chi connectivity index (χ1) is 22.1. The van der Waals surface area contributed by atoms with Gasteiger partial charge in [0.05, 0.1) is 0 Å². The average Bonchev–Trinajstić information content (AvgIpc) is 3.11. The normalized spacial score (nSPS) is 13.1. The van der Waals surface area contributed by atoms with Crippen LogP contribution in [0.4, 0.5) is 0 Å². The topological polar surface area (TPSA) is 48.2 Å². The Kier molecular flexibility index (Phi) is 9.26. The summed E-state index contributed by atoms with van der Waals surface area (Å²) in [6.07, 6.45) is 3.71. The Labute approximate surface area is 265 Å². The second-order valence-electron chi connectivity index (χ2n) is 10.5. The van der Waals surface area contributed by atoms with Gasteiger partial charge in [-0.05, 0) is 17.7 Å². The fourth-order valence-electron chi connectivity index (χ4n) is 5.35. The van der Waals surface area contributed by atoms with Crippen LogP contribution in [-0.2, 0) is 10.0 Å². The van der Waals surface area contributed by atoms with E-state index in [2.05, 4.69) is 30.3 Å². The first-order valence-corrected chi connectivity index (χ1v) is 16.2. The van der Waals surface area contributed by atoms with E-state index in [0.717, 1.165) is 44.5 Å². The van der Waals surface area contributed by atoms with Gasteiger partial charge < -0.3 is 4.72 Å². The first-order valence-electron chi connectivity index (χ1n) is 14.8. The molecule has 0 saturated carbocycles. The van der Waals surface area contributed by atoms with Crippen LogP contribution in [0.5, 0.6) is 0 Å². The monoisotopic (exact) mass is 601 g/mol. The predicted molar refractivity (Wildman–Crippen MR) is 185 cm³/mol. The standard InChI is InChI=1S/C41H31NO2S/c43-45(44,37-29-17-6-18-30-37)42-41(36-27-15-5-16-28-36)40(35-25-13-4-14-26-35)39(34-23-11-3-12-24-34)38(33-21-9-2-10-22-33)31-32-19-7-1-8-20-32/h1-30,41H/q-2/b40-39+. The lowest BCUT2D eigenvalue weighted by Crippen LogP contribution is -2.11. The van der Waals surface area contributed by atoms with Crippen LogP contribution in [0, 0.1) is 6.08 Å². The van der Waals surface area contributed by atoms with Crippen LogP contribution in [0.2, 0.25) is 0 Å². The summed E-state index contributed by atoms with van der Waals surface area (Å²) in [5, 5.41) is 0. The van der Waals surface area contributed by atoms with Crippen molar-refractivity contribution in [3.05, 3.63) is 221 Å². The molecule has 0 saturated heterocycles. The summed E-state index contributed by atoms with van der Waals surface area (Å²) in [7, 11) is -4.06. The highest BCUT2D eigenvalue weighted by Crippen LogP contribution is 2.48. The van der Waals surface area contributed by atoms with Crippen molar-refractivity contribution in [3.63, 3.8) is 0 Å². The summed E-state index contributed by atoms with van der Waals surface area (Å²) in [6.45, 7) is 0. The molecule has 0 aliphatic carbocycles. The Morgan fingerprint density at radius 2 is 0.911 bits per heavy atom. The summed E-state index contributed by atoms with van der Waals surface area (Å²) in [5.74, 6) is 0. The Morgan fingerprint density at radius 1 is 0.489 bits per heavy atom. The molecule has 0 bridgehead atoms. The molecule has 0 aliphatic rings. The maximum Gasteiger partial charge on any atom is 0.101 e. The summed E-state index contributed by atoms with van der Waals surface area (Å²) in [6, 6.07) is 57.3. The van der Waals surface area contributed by atoms with E-state index in [1.54, 1.807) is 30.3 Å². The molecule has 0 spiro atoms. The minimum absolute atomic E-state index is 0.147. The first kappa shape index (κ1) is 29.8. The maximum atomic E-state index is 14.0. The van der Waals surface area contributed by atoms with Gasteiger partial charge in [0.25, 0.3) is 0 Å². The van der Waals surface area contributed by atoms with Gasteiger partial charge in [0, 0.05) is 4.90 Å². The van der Waals surface area contributed by atoms with E-state index < -0.39 is 16.1 Å². The molecule has 6 aromatic carbocycles. The molecular weight excluding hydrogens is 571 g/mol. The second-order valence-corrected chi connectivity index (χ2v) is 12.1. The quantitative estimate of drug-likeness (QED) is 0.0891. The van der Waals surface area contributed by atoms with E-state index in [4.69, 9.17) is 4.72 Å². The average molecular weight is 602 g/mol. The number of benzene rings is 6. The molecular formula is C41H31NO2S-2. The third-order valence-corrected chi connectivity index (χ3v) is 8.80. The highest BCUT2D eigenvalue weighted by Gasteiger charge is 2.20. The minimum atomic E-state index is -4.06. The summed E-state index contributed by atoms with van der Waals surface area (Å²) >= 11 is 0.